The number of H-pyrrole nitrogens is 1. The number of hydrogen-bond acceptors (Lipinski definition) is 3. The van der Waals surface area contributed by atoms with Crippen LogP contribution in [0.25, 0.3) is 10.9 Å². The zero-order chi connectivity index (χ0) is 12.6. The van der Waals surface area contributed by atoms with E-state index >= 15 is 0 Å². The van der Waals surface area contributed by atoms with Crippen LogP contribution in [0, 0.1) is 5.41 Å². The van der Waals surface area contributed by atoms with Crippen molar-refractivity contribution in [3.05, 3.63) is 45.7 Å². The molecule has 0 bridgehead atoms. The number of carbonyl (C=O) groups is 1. The maximum Gasteiger partial charge on any atom is 0.261 e. The quantitative estimate of drug-likeness (QED) is 0.425. The van der Waals surface area contributed by atoms with Gasteiger partial charge >= 0.3 is 0 Å². The van der Waals surface area contributed by atoms with E-state index in [2.05, 4.69) is 4.98 Å². The number of rotatable bonds is 2. The molecule has 1 aromatic heterocycles. The van der Waals surface area contributed by atoms with Crippen LogP contribution in [0.4, 0.5) is 0 Å². The Morgan fingerprint density at radius 2 is 1.94 bits per heavy atom. The number of primary amides is 1. The second kappa shape index (κ2) is 3.75. The van der Waals surface area contributed by atoms with Crippen molar-refractivity contribution in [1.82, 2.24) is 4.98 Å². The SMILES string of the molecule is N=C(N)c1ccc2cc(C(N)=O)c(=O)[nH]c2c1. The molecule has 1 aromatic carbocycles. The van der Waals surface area contributed by atoms with Crippen molar-refractivity contribution in [1.29, 1.82) is 5.41 Å². The molecule has 86 valence electrons. The van der Waals surface area contributed by atoms with Crippen molar-refractivity contribution < 1.29 is 4.79 Å². The van der Waals surface area contributed by atoms with E-state index in [0.717, 1.165) is 0 Å². The van der Waals surface area contributed by atoms with Crippen molar-refractivity contribution in [2.75, 3.05) is 0 Å². The Hall–Kier alpha value is -2.63. The molecule has 0 aliphatic heterocycles. The molecular formula is C11H10N4O2. The molecule has 0 radical (unpaired) electrons. The lowest BCUT2D eigenvalue weighted by molar-refractivity contribution is 0.0999. The summed E-state index contributed by atoms with van der Waals surface area (Å²) in [7, 11) is 0. The maximum atomic E-state index is 11.5. The summed E-state index contributed by atoms with van der Waals surface area (Å²) in [5, 5.41) is 7.94. The first kappa shape index (κ1) is 10.9. The normalized spacial score (nSPS) is 10.4. The summed E-state index contributed by atoms with van der Waals surface area (Å²) < 4.78 is 0. The van der Waals surface area contributed by atoms with Gasteiger partial charge in [-0.05, 0) is 17.5 Å². The molecule has 0 spiro atoms. The summed E-state index contributed by atoms with van der Waals surface area (Å²) >= 11 is 0. The van der Waals surface area contributed by atoms with Crippen LogP contribution in [-0.4, -0.2) is 16.7 Å². The van der Waals surface area contributed by atoms with Crippen LogP contribution in [0.15, 0.2) is 29.1 Å². The number of carbonyl (C=O) groups excluding carboxylic acids is 1. The molecule has 6 heteroatoms. The number of aromatic amines is 1. The van der Waals surface area contributed by atoms with Crippen LogP contribution in [0.5, 0.6) is 0 Å². The average molecular weight is 230 g/mol. The maximum absolute atomic E-state index is 11.5. The van der Waals surface area contributed by atoms with Gasteiger partial charge in [-0.1, -0.05) is 12.1 Å². The monoisotopic (exact) mass is 230 g/mol. The summed E-state index contributed by atoms with van der Waals surface area (Å²) in [4.78, 5) is 25.0. The molecule has 0 saturated carbocycles. The van der Waals surface area contributed by atoms with E-state index in [1.807, 2.05) is 0 Å². The zero-order valence-corrected chi connectivity index (χ0v) is 8.78. The van der Waals surface area contributed by atoms with E-state index in [4.69, 9.17) is 16.9 Å². The van der Waals surface area contributed by atoms with E-state index in [0.29, 0.717) is 16.5 Å². The van der Waals surface area contributed by atoms with Crippen LogP contribution >= 0.6 is 0 Å². The summed E-state index contributed by atoms with van der Waals surface area (Å²) in [6, 6.07) is 6.28. The van der Waals surface area contributed by atoms with E-state index in [1.165, 1.54) is 6.07 Å². The number of amides is 1. The fourth-order valence-electron chi connectivity index (χ4n) is 1.55. The Morgan fingerprint density at radius 3 is 2.53 bits per heavy atom. The van der Waals surface area contributed by atoms with Crippen LogP contribution in [-0.2, 0) is 0 Å². The van der Waals surface area contributed by atoms with E-state index in [1.54, 1.807) is 18.2 Å². The molecule has 6 N–H and O–H groups in total. The molecule has 0 fully saturated rings. The predicted molar refractivity (Wildman–Crippen MR) is 64.1 cm³/mol. The lowest BCUT2D eigenvalue weighted by atomic mass is 10.1. The van der Waals surface area contributed by atoms with Gasteiger partial charge < -0.3 is 16.5 Å². The molecule has 0 aliphatic carbocycles. The first-order valence-corrected chi connectivity index (χ1v) is 4.80. The van der Waals surface area contributed by atoms with Crippen molar-refractivity contribution in [2.24, 2.45) is 11.5 Å². The number of pyridine rings is 1. The third kappa shape index (κ3) is 1.87. The van der Waals surface area contributed by atoms with Gasteiger partial charge in [0.25, 0.3) is 11.5 Å². The highest BCUT2D eigenvalue weighted by Gasteiger charge is 2.08. The molecule has 17 heavy (non-hydrogen) atoms. The summed E-state index contributed by atoms with van der Waals surface area (Å²) in [6.45, 7) is 0. The largest absolute Gasteiger partial charge is 0.384 e. The van der Waals surface area contributed by atoms with Crippen molar-refractivity contribution in [2.45, 2.75) is 0 Å². The van der Waals surface area contributed by atoms with Crippen LogP contribution in [0.1, 0.15) is 15.9 Å². The number of amidine groups is 1. The number of hydrogen-bond donors (Lipinski definition) is 4. The van der Waals surface area contributed by atoms with Gasteiger partial charge in [0.05, 0.1) is 0 Å². The highest BCUT2D eigenvalue weighted by atomic mass is 16.2. The topological polar surface area (TPSA) is 126 Å². The first-order valence-electron chi connectivity index (χ1n) is 4.80. The molecule has 2 rings (SSSR count). The molecular weight excluding hydrogens is 220 g/mol. The minimum absolute atomic E-state index is 0.0897. The number of benzene rings is 1. The van der Waals surface area contributed by atoms with Crippen molar-refractivity contribution in [3.8, 4) is 0 Å². The van der Waals surface area contributed by atoms with Gasteiger partial charge in [-0.2, -0.15) is 0 Å². The van der Waals surface area contributed by atoms with Gasteiger partial charge in [0.1, 0.15) is 11.4 Å². The Morgan fingerprint density at radius 1 is 1.24 bits per heavy atom. The molecule has 2 aromatic rings. The molecule has 1 amide bonds. The number of fused-ring (bicyclic) bond motifs is 1. The fraction of sp³-hybridized carbons (Fsp3) is 0. The minimum atomic E-state index is -0.774. The van der Waals surface area contributed by atoms with Gasteiger partial charge in [0, 0.05) is 11.1 Å². The number of nitrogens with one attached hydrogen (secondary N) is 2. The predicted octanol–water partition coefficient (Wildman–Crippen LogP) is -0.0889. The van der Waals surface area contributed by atoms with E-state index < -0.39 is 11.5 Å². The zero-order valence-electron chi connectivity index (χ0n) is 8.78. The van der Waals surface area contributed by atoms with E-state index in [-0.39, 0.29) is 11.4 Å². The minimum Gasteiger partial charge on any atom is -0.384 e. The number of nitrogens with two attached hydrogens (primary N) is 2. The molecule has 0 aliphatic rings. The third-order valence-electron chi connectivity index (χ3n) is 2.42. The van der Waals surface area contributed by atoms with Crippen molar-refractivity contribution in [3.63, 3.8) is 0 Å². The second-order valence-electron chi connectivity index (χ2n) is 3.59. The first-order chi connectivity index (χ1) is 7.99. The highest BCUT2D eigenvalue weighted by Crippen LogP contribution is 2.13. The molecule has 6 nitrogen and oxygen atoms in total. The Labute approximate surface area is 95.8 Å². The van der Waals surface area contributed by atoms with Gasteiger partial charge in [-0.3, -0.25) is 15.0 Å². The van der Waals surface area contributed by atoms with Crippen LogP contribution in [0.2, 0.25) is 0 Å². The van der Waals surface area contributed by atoms with Gasteiger partial charge in [0.2, 0.25) is 0 Å². The molecule has 0 saturated heterocycles. The summed E-state index contributed by atoms with van der Waals surface area (Å²) in [6.07, 6.45) is 0. The van der Waals surface area contributed by atoms with E-state index in [9.17, 15) is 9.59 Å². The number of aromatic nitrogens is 1. The van der Waals surface area contributed by atoms with Crippen molar-refractivity contribution >= 4 is 22.6 Å². The molecule has 1 heterocycles. The summed E-state index contributed by atoms with van der Waals surface area (Å²) in [5.74, 6) is -0.865. The van der Waals surface area contributed by atoms with Gasteiger partial charge in [-0.15, -0.1) is 0 Å². The Kier molecular flexibility index (Phi) is 2.40. The van der Waals surface area contributed by atoms with Gasteiger partial charge in [-0.25, -0.2) is 0 Å². The fourth-order valence-corrected chi connectivity index (χ4v) is 1.55. The van der Waals surface area contributed by atoms with Crippen LogP contribution in [0.3, 0.4) is 0 Å². The Bertz CT molecular complexity index is 687. The second-order valence-corrected chi connectivity index (χ2v) is 3.59. The lowest BCUT2D eigenvalue weighted by Gasteiger charge is -2.03. The standard InChI is InChI=1S/C11H10N4O2/c12-9(13)6-2-1-5-3-7(10(14)16)11(17)15-8(5)4-6/h1-4H,(H3,12,13)(H2,14,16)(H,15,17). The van der Waals surface area contributed by atoms with Crippen LogP contribution < -0.4 is 17.0 Å². The highest BCUT2D eigenvalue weighted by molar-refractivity contribution is 6.00. The number of nitrogen functional groups attached to an aromatic ring is 1. The third-order valence-corrected chi connectivity index (χ3v) is 2.42. The lowest BCUT2D eigenvalue weighted by Crippen LogP contribution is -2.23. The average Bonchev–Trinajstić information content (AvgIpc) is 2.26. The smallest absolute Gasteiger partial charge is 0.261 e. The molecule has 0 unspecified atom stereocenters. The Balaban J connectivity index is 2.75. The summed E-state index contributed by atoms with van der Waals surface area (Å²) in [5.41, 5.74) is 10.8. The molecule has 0 atom stereocenters. The van der Waals surface area contributed by atoms with Gasteiger partial charge in [0.15, 0.2) is 0 Å².